The van der Waals surface area contributed by atoms with Gasteiger partial charge in [0.05, 0.1) is 0 Å². The highest BCUT2D eigenvalue weighted by Gasteiger charge is 2.39. The van der Waals surface area contributed by atoms with E-state index in [1.807, 2.05) is 6.92 Å². The first-order valence-electron chi connectivity index (χ1n) is 6.64. The number of allylic oxidation sites excluding steroid dienone is 1. The van der Waals surface area contributed by atoms with Gasteiger partial charge in [0.1, 0.15) is 0 Å². The Morgan fingerprint density at radius 1 is 1.50 bits per heavy atom. The summed E-state index contributed by atoms with van der Waals surface area (Å²) in [7, 11) is 0. The Kier molecular flexibility index (Phi) is 3.36. The summed E-state index contributed by atoms with van der Waals surface area (Å²) < 4.78 is 0. The van der Waals surface area contributed by atoms with E-state index in [4.69, 9.17) is 0 Å². The zero-order valence-electron chi connectivity index (χ0n) is 10.7. The van der Waals surface area contributed by atoms with E-state index in [0.717, 1.165) is 13.0 Å². The SMILES string of the molecule is CCC(=O)N1CCC2C(C(C)C)=CCCC21. The molecule has 0 radical (unpaired) electrons. The van der Waals surface area contributed by atoms with Gasteiger partial charge >= 0.3 is 0 Å². The van der Waals surface area contributed by atoms with Gasteiger partial charge in [0, 0.05) is 24.9 Å². The molecule has 16 heavy (non-hydrogen) atoms. The van der Waals surface area contributed by atoms with E-state index in [1.165, 1.54) is 12.8 Å². The van der Waals surface area contributed by atoms with Crippen LogP contribution in [-0.2, 0) is 4.79 Å². The van der Waals surface area contributed by atoms with Gasteiger partial charge in [-0.1, -0.05) is 32.4 Å². The van der Waals surface area contributed by atoms with Gasteiger partial charge in [-0.05, 0) is 25.2 Å². The fourth-order valence-corrected chi connectivity index (χ4v) is 3.35. The van der Waals surface area contributed by atoms with Crippen molar-refractivity contribution in [2.75, 3.05) is 6.54 Å². The van der Waals surface area contributed by atoms with Crippen LogP contribution in [0.1, 0.15) is 46.5 Å². The molecule has 0 aromatic carbocycles. The molecule has 1 aliphatic heterocycles. The topological polar surface area (TPSA) is 20.3 Å². The predicted molar refractivity (Wildman–Crippen MR) is 66.1 cm³/mol. The molecule has 2 heteroatoms. The predicted octanol–water partition coefficient (Wildman–Crippen LogP) is 2.99. The maximum atomic E-state index is 11.9. The third-order valence-electron chi connectivity index (χ3n) is 4.11. The van der Waals surface area contributed by atoms with Crippen LogP contribution in [0.15, 0.2) is 11.6 Å². The van der Waals surface area contributed by atoms with Crippen molar-refractivity contribution < 1.29 is 4.79 Å². The van der Waals surface area contributed by atoms with E-state index in [-0.39, 0.29) is 0 Å². The van der Waals surface area contributed by atoms with Crippen molar-refractivity contribution in [1.29, 1.82) is 0 Å². The van der Waals surface area contributed by atoms with Crippen LogP contribution < -0.4 is 0 Å². The Labute approximate surface area is 98.7 Å². The molecule has 0 saturated carbocycles. The fraction of sp³-hybridized carbons (Fsp3) is 0.786. The van der Waals surface area contributed by atoms with Crippen molar-refractivity contribution in [3.63, 3.8) is 0 Å². The summed E-state index contributed by atoms with van der Waals surface area (Å²) in [6.07, 6.45) is 6.59. The van der Waals surface area contributed by atoms with E-state index < -0.39 is 0 Å². The number of nitrogens with zero attached hydrogens (tertiary/aromatic N) is 1. The van der Waals surface area contributed by atoms with E-state index >= 15 is 0 Å². The van der Waals surface area contributed by atoms with Gasteiger partial charge < -0.3 is 4.90 Å². The third kappa shape index (κ3) is 1.90. The molecule has 0 bridgehead atoms. The molecule has 1 heterocycles. The Hall–Kier alpha value is -0.790. The zero-order chi connectivity index (χ0) is 11.7. The van der Waals surface area contributed by atoms with Crippen molar-refractivity contribution >= 4 is 5.91 Å². The zero-order valence-corrected chi connectivity index (χ0v) is 10.7. The van der Waals surface area contributed by atoms with Gasteiger partial charge in [0.2, 0.25) is 5.91 Å². The highest BCUT2D eigenvalue weighted by atomic mass is 16.2. The second kappa shape index (κ2) is 4.60. The van der Waals surface area contributed by atoms with E-state index in [0.29, 0.717) is 30.2 Å². The van der Waals surface area contributed by atoms with Gasteiger partial charge in [0.15, 0.2) is 0 Å². The second-order valence-electron chi connectivity index (χ2n) is 5.34. The Bertz CT molecular complexity index is 306. The van der Waals surface area contributed by atoms with Crippen LogP contribution >= 0.6 is 0 Å². The molecular formula is C14H23NO. The van der Waals surface area contributed by atoms with Crippen LogP contribution in [0.5, 0.6) is 0 Å². The molecule has 0 aromatic heterocycles. The summed E-state index contributed by atoms with van der Waals surface area (Å²) in [6, 6.07) is 0.509. The monoisotopic (exact) mass is 221 g/mol. The van der Waals surface area contributed by atoms with Crippen molar-refractivity contribution in [2.24, 2.45) is 11.8 Å². The molecule has 0 N–H and O–H groups in total. The first-order chi connectivity index (χ1) is 7.65. The lowest BCUT2D eigenvalue weighted by atomic mass is 9.79. The molecule has 1 aliphatic carbocycles. The van der Waals surface area contributed by atoms with Gasteiger partial charge in [-0.3, -0.25) is 4.79 Å². The average Bonchev–Trinajstić information content (AvgIpc) is 2.71. The number of fused-ring (bicyclic) bond motifs is 1. The van der Waals surface area contributed by atoms with Gasteiger partial charge in [-0.15, -0.1) is 0 Å². The number of carbonyl (C=O) groups is 1. The van der Waals surface area contributed by atoms with E-state index in [1.54, 1.807) is 5.57 Å². The number of hydrogen-bond acceptors (Lipinski definition) is 1. The Morgan fingerprint density at radius 3 is 2.88 bits per heavy atom. The van der Waals surface area contributed by atoms with Crippen molar-refractivity contribution in [3.05, 3.63) is 11.6 Å². The molecule has 2 atom stereocenters. The quantitative estimate of drug-likeness (QED) is 0.656. The summed E-state index contributed by atoms with van der Waals surface area (Å²) in [5.41, 5.74) is 1.60. The fourth-order valence-electron chi connectivity index (χ4n) is 3.35. The third-order valence-corrected chi connectivity index (χ3v) is 4.11. The largest absolute Gasteiger partial charge is 0.339 e. The molecule has 2 aliphatic rings. The summed E-state index contributed by atoms with van der Waals surface area (Å²) in [5.74, 6) is 1.64. The number of rotatable bonds is 2. The summed E-state index contributed by atoms with van der Waals surface area (Å²) in [5, 5.41) is 0. The smallest absolute Gasteiger partial charge is 0.222 e. The number of amides is 1. The lowest BCUT2D eigenvalue weighted by Gasteiger charge is -2.33. The molecule has 90 valence electrons. The first kappa shape index (κ1) is 11.7. The van der Waals surface area contributed by atoms with Gasteiger partial charge in [0.25, 0.3) is 0 Å². The molecule has 0 spiro atoms. The van der Waals surface area contributed by atoms with E-state index in [9.17, 15) is 4.79 Å². The number of carbonyl (C=O) groups excluding carboxylic acids is 1. The number of hydrogen-bond donors (Lipinski definition) is 0. The molecular weight excluding hydrogens is 198 g/mol. The normalized spacial score (nSPS) is 29.2. The minimum Gasteiger partial charge on any atom is -0.339 e. The number of likely N-dealkylation sites (tertiary alicyclic amines) is 1. The van der Waals surface area contributed by atoms with Crippen molar-refractivity contribution in [1.82, 2.24) is 4.90 Å². The molecule has 1 fully saturated rings. The van der Waals surface area contributed by atoms with Crippen LogP contribution in [0.25, 0.3) is 0 Å². The summed E-state index contributed by atoms with van der Waals surface area (Å²) in [6.45, 7) is 7.50. The maximum Gasteiger partial charge on any atom is 0.222 e. The minimum absolute atomic E-state index is 0.345. The molecule has 1 amide bonds. The highest BCUT2D eigenvalue weighted by Crippen LogP contribution is 2.40. The standard InChI is InChI=1S/C14H23NO/c1-4-14(16)15-9-8-12-11(10(2)3)6-5-7-13(12)15/h6,10,12-13H,4-5,7-9H2,1-3H3. The van der Waals surface area contributed by atoms with Crippen LogP contribution in [-0.4, -0.2) is 23.4 Å². The van der Waals surface area contributed by atoms with Crippen molar-refractivity contribution in [2.45, 2.75) is 52.5 Å². The van der Waals surface area contributed by atoms with Crippen LogP contribution in [0.4, 0.5) is 0 Å². The lowest BCUT2D eigenvalue weighted by Crippen LogP contribution is -2.39. The highest BCUT2D eigenvalue weighted by molar-refractivity contribution is 5.76. The van der Waals surface area contributed by atoms with Gasteiger partial charge in [-0.25, -0.2) is 0 Å². The lowest BCUT2D eigenvalue weighted by molar-refractivity contribution is -0.132. The molecule has 2 unspecified atom stereocenters. The molecule has 2 nitrogen and oxygen atoms in total. The summed E-state index contributed by atoms with van der Waals surface area (Å²) in [4.78, 5) is 14.0. The van der Waals surface area contributed by atoms with Crippen LogP contribution in [0.2, 0.25) is 0 Å². The van der Waals surface area contributed by atoms with Crippen LogP contribution in [0, 0.1) is 11.8 Å². The molecule has 2 rings (SSSR count). The van der Waals surface area contributed by atoms with Gasteiger partial charge in [-0.2, -0.15) is 0 Å². The minimum atomic E-state index is 0.345. The van der Waals surface area contributed by atoms with E-state index in [2.05, 4.69) is 24.8 Å². The second-order valence-corrected chi connectivity index (χ2v) is 5.34. The molecule has 1 saturated heterocycles. The first-order valence-corrected chi connectivity index (χ1v) is 6.64. The molecule has 0 aromatic rings. The summed E-state index contributed by atoms with van der Waals surface area (Å²) >= 11 is 0. The average molecular weight is 221 g/mol. The van der Waals surface area contributed by atoms with Crippen LogP contribution in [0.3, 0.4) is 0 Å². The van der Waals surface area contributed by atoms with Crippen molar-refractivity contribution in [3.8, 4) is 0 Å². The Morgan fingerprint density at radius 2 is 2.25 bits per heavy atom. The Balaban J connectivity index is 2.15. The maximum absolute atomic E-state index is 11.9.